The summed E-state index contributed by atoms with van der Waals surface area (Å²) in [6.07, 6.45) is 1.85. The molecule has 0 aliphatic rings. The van der Waals surface area contributed by atoms with Crippen LogP contribution < -0.4 is 0 Å². The molecule has 1 radical (unpaired) electrons. The quantitative estimate of drug-likeness (QED) is 0.405. The van der Waals surface area contributed by atoms with E-state index in [0.29, 0.717) is 5.54 Å². The van der Waals surface area contributed by atoms with Gasteiger partial charge >= 0.3 is 0 Å². The van der Waals surface area contributed by atoms with Gasteiger partial charge in [0.05, 0.1) is 0 Å². The van der Waals surface area contributed by atoms with Crippen molar-refractivity contribution in [2.75, 3.05) is 6.61 Å². The van der Waals surface area contributed by atoms with Gasteiger partial charge in [0.25, 0.3) is 0 Å². The molecule has 0 aliphatic heterocycles. The molecule has 0 saturated carbocycles. The minimum atomic E-state index is -0.394. The summed E-state index contributed by atoms with van der Waals surface area (Å²) in [6.45, 7) is 10.2. The van der Waals surface area contributed by atoms with Gasteiger partial charge in [0, 0.05) is 6.61 Å². The third-order valence-electron chi connectivity index (χ3n) is 0.869. The third-order valence-corrected chi connectivity index (χ3v) is 2.27. The van der Waals surface area contributed by atoms with Gasteiger partial charge in [-0.3, -0.25) is 0 Å². The molecule has 0 heterocycles. The van der Waals surface area contributed by atoms with Gasteiger partial charge in [-0.1, -0.05) is 6.08 Å². The standard InChI is InChI=1S/C6H13OSi/c1-4-6(3)8-7-5-2/h4,6H,1,3,5,8H2,2H3. The molecule has 0 rings (SSSR count). The molecule has 2 heteroatoms. The number of hydrogen-bond donors (Lipinski definition) is 0. The molecule has 1 nitrogen and oxygen atoms in total. The molecule has 0 bridgehead atoms. The minimum Gasteiger partial charge on any atom is -0.424 e. The molecule has 0 aliphatic carbocycles. The lowest BCUT2D eigenvalue weighted by molar-refractivity contribution is 0.358. The summed E-state index contributed by atoms with van der Waals surface area (Å²) in [4.78, 5) is 0. The number of allylic oxidation sites excluding steroid dienone is 1. The highest BCUT2D eigenvalue weighted by molar-refractivity contribution is 6.30. The Morgan fingerprint density at radius 2 is 2.50 bits per heavy atom. The first-order valence-electron chi connectivity index (χ1n) is 2.84. The largest absolute Gasteiger partial charge is 0.424 e. The summed E-state index contributed by atoms with van der Waals surface area (Å²) in [5.41, 5.74) is 0.384. The van der Waals surface area contributed by atoms with E-state index in [-0.39, 0.29) is 0 Å². The molecule has 0 saturated heterocycles. The first-order chi connectivity index (χ1) is 3.81. The Morgan fingerprint density at radius 3 is 2.88 bits per heavy atom. The van der Waals surface area contributed by atoms with Crippen LogP contribution in [0.25, 0.3) is 0 Å². The Morgan fingerprint density at radius 1 is 1.88 bits per heavy atom. The van der Waals surface area contributed by atoms with Crippen LogP contribution >= 0.6 is 0 Å². The van der Waals surface area contributed by atoms with Gasteiger partial charge in [0.15, 0.2) is 9.76 Å². The van der Waals surface area contributed by atoms with Crippen molar-refractivity contribution < 1.29 is 4.43 Å². The molecule has 8 heavy (non-hydrogen) atoms. The maximum atomic E-state index is 5.19. The number of rotatable bonds is 4. The van der Waals surface area contributed by atoms with E-state index < -0.39 is 9.76 Å². The molecule has 0 fully saturated rings. The highest BCUT2D eigenvalue weighted by Gasteiger charge is 1.93. The smallest absolute Gasteiger partial charge is 0.168 e. The molecule has 0 N–H and O–H groups in total. The van der Waals surface area contributed by atoms with E-state index in [1.165, 1.54) is 0 Å². The Balaban J connectivity index is 2.98. The van der Waals surface area contributed by atoms with Crippen molar-refractivity contribution in [3.8, 4) is 0 Å². The molecule has 47 valence electrons. The van der Waals surface area contributed by atoms with Crippen LogP contribution in [0.15, 0.2) is 12.7 Å². The lowest BCUT2D eigenvalue weighted by Crippen LogP contribution is -2.02. The van der Waals surface area contributed by atoms with E-state index in [0.717, 1.165) is 6.61 Å². The van der Waals surface area contributed by atoms with E-state index in [9.17, 15) is 0 Å². The average molecular weight is 129 g/mol. The van der Waals surface area contributed by atoms with E-state index in [4.69, 9.17) is 4.43 Å². The summed E-state index contributed by atoms with van der Waals surface area (Å²) in [5, 5.41) is 0. The fourth-order valence-corrected chi connectivity index (χ4v) is 1.01. The van der Waals surface area contributed by atoms with Crippen LogP contribution in [0.2, 0.25) is 5.54 Å². The van der Waals surface area contributed by atoms with Crippen molar-refractivity contribution in [3.63, 3.8) is 0 Å². The predicted octanol–water partition coefficient (Wildman–Crippen LogP) is 0.915. The van der Waals surface area contributed by atoms with Crippen molar-refractivity contribution in [2.45, 2.75) is 12.5 Å². The van der Waals surface area contributed by atoms with Gasteiger partial charge in [-0.2, -0.15) is 0 Å². The topological polar surface area (TPSA) is 9.23 Å². The zero-order chi connectivity index (χ0) is 6.41. The SMILES string of the molecule is [CH2]C(C=C)[SiH2]OCC. The van der Waals surface area contributed by atoms with E-state index in [1.54, 1.807) is 0 Å². The normalized spacial score (nSPS) is 14.8. The Kier molecular flexibility index (Phi) is 5.01. The van der Waals surface area contributed by atoms with E-state index in [1.807, 2.05) is 13.0 Å². The summed E-state index contributed by atoms with van der Waals surface area (Å²) in [5.74, 6) is 0. The third kappa shape index (κ3) is 4.09. The van der Waals surface area contributed by atoms with Crippen molar-refractivity contribution in [3.05, 3.63) is 19.6 Å². The summed E-state index contributed by atoms with van der Waals surface area (Å²) in [6, 6.07) is 0. The summed E-state index contributed by atoms with van der Waals surface area (Å²) >= 11 is 0. The van der Waals surface area contributed by atoms with Gasteiger partial charge in [0.1, 0.15) is 0 Å². The minimum absolute atomic E-state index is 0.384. The van der Waals surface area contributed by atoms with Gasteiger partial charge in [0.2, 0.25) is 0 Å². The average Bonchev–Trinajstić information content (AvgIpc) is 1.83. The van der Waals surface area contributed by atoms with Crippen LogP contribution in [0.3, 0.4) is 0 Å². The molecular weight excluding hydrogens is 116 g/mol. The van der Waals surface area contributed by atoms with E-state index >= 15 is 0 Å². The monoisotopic (exact) mass is 129 g/mol. The molecular formula is C6H13OSi. The van der Waals surface area contributed by atoms with E-state index in [2.05, 4.69) is 13.5 Å². The highest BCUT2D eigenvalue weighted by Crippen LogP contribution is 1.99. The molecule has 0 spiro atoms. The molecule has 0 amide bonds. The second kappa shape index (κ2) is 5.06. The first-order valence-corrected chi connectivity index (χ1v) is 4.24. The van der Waals surface area contributed by atoms with Crippen molar-refractivity contribution in [1.82, 2.24) is 0 Å². The lowest BCUT2D eigenvalue weighted by Gasteiger charge is -2.01. The van der Waals surface area contributed by atoms with Crippen molar-refractivity contribution in [1.29, 1.82) is 0 Å². The molecule has 1 atom stereocenters. The zero-order valence-electron chi connectivity index (χ0n) is 5.39. The Hall–Kier alpha value is -0.0831. The lowest BCUT2D eigenvalue weighted by atomic mass is 10.5. The van der Waals surface area contributed by atoms with Crippen LogP contribution in [-0.4, -0.2) is 16.4 Å². The second-order valence-electron chi connectivity index (χ2n) is 1.66. The van der Waals surface area contributed by atoms with Crippen molar-refractivity contribution >= 4 is 9.76 Å². The van der Waals surface area contributed by atoms with Crippen molar-refractivity contribution in [2.24, 2.45) is 0 Å². The van der Waals surface area contributed by atoms with Gasteiger partial charge in [-0.05, 0) is 19.4 Å². The predicted molar refractivity (Wildman–Crippen MR) is 39.5 cm³/mol. The second-order valence-corrected chi connectivity index (χ2v) is 3.45. The van der Waals surface area contributed by atoms with Crippen LogP contribution in [0.5, 0.6) is 0 Å². The van der Waals surface area contributed by atoms with Gasteiger partial charge < -0.3 is 4.43 Å². The zero-order valence-corrected chi connectivity index (χ0v) is 6.81. The molecule has 1 unspecified atom stereocenters. The van der Waals surface area contributed by atoms with Gasteiger partial charge in [-0.25, -0.2) is 0 Å². The van der Waals surface area contributed by atoms with Gasteiger partial charge in [-0.15, -0.1) is 6.58 Å². The molecule has 0 aromatic heterocycles. The maximum Gasteiger partial charge on any atom is 0.168 e. The summed E-state index contributed by atoms with van der Waals surface area (Å²) in [7, 11) is -0.394. The Labute approximate surface area is 53.7 Å². The number of hydrogen-bond acceptors (Lipinski definition) is 1. The van der Waals surface area contributed by atoms with Crippen LogP contribution in [0.4, 0.5) is 0 Å². The molecule has 0 aromatic carbocycles. The summed E-state index contributed by atoms with van der Waals surface area (Å²) < 4.78 is 5.19. The first kappa shape index (κ1) is 7.92. The maximum absolute atomic E-state index is 5.19. The molecule has 0 aromatic rings. The fraction of sp³-hybridized carbons (Fsp3) is 0.500. The Bertz CT molecular complexity index is 63.5. The van der Waals surface area contributed by atoms with Crippen LogP contribution in [0.1, 0.15) is 6.92 Å². The van der Waals surface area contributed by atoms with Crippen LogP contribution in [-0.2, 0) is 4.43 Å². The van der Waals surface area contributed by atoms with Crippen LogP contribution in [0, 0.1) is 6.92 Å². The highest BCUT2D eigenvalue weighted by atomic mass is 28.2. The fourth-order valence-electron chi connectivity index (χ4n) is 0.337.